The van der Waals surface area contributed by atoms with E-state index in [0.717, 1.165) is 15.8 Å². The van der Waals surface area contributed by atoms with Crippen molar-refractivity contribution in [2.24, 2.45) is 0 Å². The summed E-state index contributed by atoms with van der Waals surface area (Å²) in [5.41, 5.74) is 0.883. The number of nitrogens with one attached hydrogen (secondary N) is 1. The summed E-state index contributed by atoms with van der Waals surface area (Å²) in [5, 5.41) is 2.97. The molecule has 2 aromatic rings. The number of benzene rings is 2. The Morgan fingerprint density at radius 3 is 2.43 bits per heavy atom. The van der Waals surface area contributed by atoms with Gasteiger partial charge in [-0.15, -0.1) is 0 Å². The quantitative estimate of drug-likeness (QED) is 0.768. The summed E-state index contributed by atoms with van der Waals surface area (Å²) in [6.45, 7) is 1.28. The van der Waals surface area contributed by atoms with E-state index in [2.05, 4.69) is 21.2 Å². The molecule has 112 valence electrons. The number of halogens is 2. The highest BCUT2D eigenvalue weighted by Crippen LogP contribution is 2.19. The molecule has 21 heavy (non-hydrogen) atoms. The minimum atomic E-state index is -0.355. The normalized spacial score (nSPS) is 10.4. The fourth-order valence-corrected chi connectivity index (χ4v) is 2.08. The predicted molar refractivity (Wildman–Crippen MR) is 84.3 cm³/mol. The average Bonchev–Trinajstić information content (AvgIpc) is 2.47. The van der Waals surface area contributed by atoms with Gasteiger partial charge in [0, 0.05) is 11.0 Å². The van der Waals surface area contributed by atoms with Crippen molar-refractivity contribution in [2.45, 2.75) is 6.54 Å². The second-order valence-corrected chi connectivity index (χ2v) is 5.36. The van der Waals surface area contributed by atoms with Crippen molar-refractivity contribution in [3.63, 3.8) is 0 Å². The van der Waals surface area contributed by atoms with Crippen molar-refractivity contribution in [1.29, 1.82) is 0 Å². The highest BCUT2D eigenvalue weighted by Gasteiger charge is 2.04. The summed E-state index contributed by atoms with van der Waals surface area (Å²) in [6, 6.07) is 12.5. The molecule has 0 amide bonds. The molecule has 0 atom stereocenters. The van der Waals surface area contributed by atoms with Gasteiger partial charge in [-0.1, -0.05) is 22.0 Å². The van der Waals surface area contributed by atoms with Crippen LogP contribution in [0.4, 0.5) is 4.39 Å². The first-order valence-electron chi connectivity index (χ1n) is 6.63. The molecule has 5 heteroatoms. The summed E-state index contributed by atoms with van der Waals surface area (Å²) < 4.78 is 25.7. The molecular weight excluding hydrogens is 337 g/mol. The first-order chi connectivity index (χ1) is 10.2. The van der Waals surface area contributed by atoms with Crippen LogP contribution in [0.3, 0.4) is 0 Å². The smallest absolute Gasteiger partial charge is 0.165 e. The molecule has 0 aliphatic carbocycles. The molecule has 0 spiro atoms. The van der Waals surface area contributed by atoms with Crippen LogP contribution >= 0.6 is 15.9 Å². The van der Waals surface area contributed by atoms with Gasteiger partial charge in [0.2, 0.25) is 0 Å². The van der Waals surface area contributed by atoms with E-state index in [1.807, 2.05) is 37.4 Å². The number of hydrogen-bond acceptors (Lipinski definition) is 3. The number of hydrogen-bond donors (Lipinski definition) is 1. The van der Waals surface area contributed by atoms with Crippen LogP contribution in [0.2, 0.25) is 0 Å². The van der Waals surface area contributed by atoms with Gasteiger partial charge in [-0.2, -0.15) is 0 Å². The molecule has 0 saturated carbocycles. The van der Waals surface area contributed by atoms with Gasteiger partial charge in [0.25, 0.3) is 0 Å². The molecule has 0 fully saturated rings. The number of ether oxygens (including phenoxy) is 2. The van der Waals surface area contributed by atoms with Gasteiger partial charge in [0.05, 0.1) is 0 Å². The predicted octanol–water partition coefficient (Wildman–Crippen LogP) is 3.77. The molecule has 0 saturated heterocycles. The third kappa shape index (κ3) is 5.02. The van der Waals surface area contributed by atoms with Gasteiger partial charge in [0.1, 0.15) is 19.0 Å². The third-order valence-electron chi connectivity index (χ3n) is 2.80. The molecule has 3 nitrogen and oxygen atoms in total. The zero-order valence-electron chi connectivity index (χ0n) is 11.7. The molecular formula is C16H17BrFNO2. The van der Waals surface area contributed by atoms with Gasteiger partial charge in [0.15, 0.2) is 11.6 Å². The van der Waals surface area contributed by atoms with E-state index in [9.17, 15) is 4.39 Å². The lowest BCUT2D eigenvalue weighted by atomic mass is 10.2. The van der Waals surface area contributed by atoms with Crippen LogP contribution in [0.1, 0.15) is 5.56 Å². The highest BCUT2D eigenvalue weighted by atomic mass is 79.9. The molecule has 2 aromatic carbocycles. The Balaban J connectivity index is 1.79. The number of rotatable bonds is 7. The lowest BCUT2D eigenvalue weighted by Gasteiger charge is -2.10. The second-order valence-electron chi connectivity index (χ2n) is 4.45. The summed E-state index contributed by atoms with van der Waals surface area (Å²) in [4.78, 5) is 0. The third-order valence-corrected chi connectivity index (χ3v) is 3.33. The Kier molecular flexibility index (Phi) is 6.02. The van der Waals surface area contributed by atoms with Gasteiger partial charge >= 0.3 is 0 Å². The summed E-state index contributed by atoms with van der Waals surface area (Å²) in [5.74, 6) is 0.646. The molecule has 2 rings (SSSR count). The monoisotopic (exact) mass is 353 g/mol. The maximum Gasteiger partial charge on any atom is 0.165 e. The van der Waals surface area contributed by atoms with E-state index in [1.165, 1.54) is 6.07 Å². The molecule has 0 aliphatic heterocycles. The molecule has 0 aliphatic rings. The van der Waals surface area contributed by atoms with E-state index in [-0.39, 0.29) is 11.6 Å². The average molecular weight is 354 g/mol. The summed E-state index contributed by atoms with van der Waals surface area (Å²) in [6.07, 6.45) is 0. The molecule has 0 unspecified atom stereocenters. The van der Waals surface area contributed by atoms with Crippen LogP contribution < -0.4 is 14.8 Å². The zero-order chi connectivity index (χ0) is 15.1. The van der Waals surface area contributed by atoms with E-state index < -0.39 is 0 Å². The van der Waals surface area contributed by atoms with Crippen LogP contribution in [-0.4, -0.2) is 20.3 Å². The van der Waals surface area contributed by atoms with Gasteiger partial charge < -0.3 is 14.8 Å². The van der Waals surface area contributed by atoms with Gasteiger partial charge in [-0.3, -0.25) is 0 Å². The Bertz CT molecular complexity index is 575. The second kappa shape index (κ2) is 8.00. The van der Waals surface area contributed by atoms with E-state index >= 15 is 0 Å². The lowest BCUT2D eigenvalue weighted by molar-refractivity contribution is 0.211. The van der Waals surface area contributed by atoms with Gasteiger partial charge in [-0.25, -0.2) is 4.39 Å². The van der Waals surface area contributed by atoms with Crippen molar-refractivity contribution in [1.82, 2.24) is 5.32 Å². The maximum atomic E-state index is 13.8. The SMILES string of the molecule is CNCc1ccc(OCCOc2ccc(Br)cc2)c(F)c1. The van der Waals surface area contributed by atoms with Crippen LogP contribution in [0.25, 0.3) is 0 Å². The van der Waals surface area contributed by atoms with Crippen LogP contribution in [0.5, 0.6) is 11.5 Å². The minimum Gasteiger partial charge on any atom is -0.490 e. The Morgan fingerprint density at radius 2 is 1.76 bits per heavy atom. The van der Waals surface area contributed by atoms with E-state index in [0.29, 0.717) is 19.8 Å². The fourth-order valence-electron chi connectivity index (χ4n) is 1.82. The van der Waals surface area contributed by atoms with Crippen LogP contribution in [0, 0.1) is 5.82 Å². The summed E-state index contributed by atoms with van der Waals surface area (Å²) >= 11 is 3.36. The van der Waals surface area contributed by atoms with Crippen LogP contribution in [0.15, 0.2) is 46.9 Å². The largest absolute Gasteiger partial charge is 0.490 e. The first-order valence-corrected chi connectivity index (χ1v) is 7.42. The molecule has 0 radical (unpaired) electrons. The van der Waals surface area contributed by atoms with E-state index in [1.54, 1.807) is 6.07 Å². The van der Waals surface area contributed by atoms with Crippen molar-refractivity contribution < 1.29 is 13.9 Å². The molecule has 0 bridgehead atoms. The zero-order valence-corrected chi connectivity index (χ0v) is 13.3. The van der Waals surface area contributed by atoms with Crippen LogP contribution in [-0.2, 0) is 6.54 Å². The van der Waals surface area contributed by atoms with Crippen molar-refractivity contribution in [2.75, 3.05) is 20.3 Å². The van der Waals surface area contributed by atoms with Gasteiger partial charge in [-0.05, 0) is 49.0 Å². The Hall–Kier alpha value is -1.59. The topological polar surface area (TPSA) is 30.5 Å². The van der Waals surface area contributed by atoms with Crippen molar-refractivity contribution in [3.8, 4) is 11.5 Å². The Labute approximate surface area is 132 Å². The lowest BCUT2D eigenvalue weighted by Crippen LogP contribution is -2.10. The minimum absolute atomic E-state index is 0.245. The highest BCUT2D eigenvalue weighted by molar-refractivity contribution is 9.10. The molecule has 0 aromatic heterocycles. The maximum absolute atomic E-state index is 13.8. The van der Waals surface area contributed by atoms with Crippen molar-refractivity contribution >= 4 is 15.9 Å². The fraction of sp³-hybridized carbons (Fsp3) is 0.250. The molecule has 1 N–H and O–H groups in total. The Morgan fingerprint density at radius 1 is 1.05 bits per heavy atom. The first kappa shape index (κ1) is 15.8. The molecule has 0 heterocycles. The standard InChI is InChI=1S/C16H17BrFNO2/c1-19-11-12-2-7-16(15(18)10-12)21-9-8-20-14-5-3-13(17)4-6-14/h2-7,10,19H,8-9,11H2,1H3. The van der Waals surface area contributed by atoms with E-state index in [4.69, 9.17) is 9.47 Å². The summed E-state index contributed by atoms with van der Waals surface area (Å²) in [7, 11) is 1.82. The van der Waals surface area contributed by atoms with Crippen molar-refractivity contribution in [3.05, 3.63) is 58.3 Å².